The maximum absolute atomic E-state index is 12.9. The fourth-order valence-electron chi connectivity index (χ4n) is 4.52. The molecule has 2 amide bonds. The minimum Gasteiger partial charge on any atom is -0.353 e. The molecule has 0 aliphatic carbocycles. The molecule has 158 valence electrons. The SMILES string of the molecule is Cc1cc(C)cc(NC(=O)N2CCCN(c3nc4ccccc4n4cccc34)CC2)c1. The van der Waals surface area contributed by atoms with E-state index in [0.29, 0.717) is 6.54 Å². The lowest BCUT2D eigenvalue weighted by Gasteiger charge is -2.24. The first-order valence-corrected chi connectivity index (χ1v) is 10.8. The Labute approximate surface area is 182 Å². The number of nitrogens with one attached hydrogen (secondary N) is 1. The molecule has 0 unspecified atom stereocenters. The summed E-state index contributed by atoms with van der Waals surface area (Å²) in [5.74, 6) is 0.986. The molecule has 6 nitrogen and oxygen atoms in total. The molecule has 31 heavy (non-hydrogen) atoms. The van der Waals surface area contributed by atoms with E-state index in [0.717, 1.165) is 65.2 Å². The summed E-state index contributed by atoms with van der Waals surface area (Å²) >= 11 is 0. The zero-order valence-electron chi connectivity index (χ0n) is 18.0. The minimum atomic E-state index is -0.0360. The van der Waals surface area contributed by atoms with Crippen LogP contribution in [0.5, 0.6) is 0 Å². The van der Waals surface area contributed by atoms with E-state index in [1.165, 1.54) is 0 Å². The maximum Gasteiger partial charge on any atom is 0.321 e. The standard InChI is InChI=1S/C25H27N5O/c1-18-15-19(2)17-20(16-18)26-25(31)29-11-6-10-28(13-14-29)24-23-9-5-12-30(23)22-8-4-3-7-21(22)27-24/h3-5,7-9,12,15-17H,6,10-11,13-14H2,1-2H3,(H,26,31). The van der Waals surface area contributed by atoms with E-state index in [4.69, 9.17) is 4.98 Å². The Kier molecular flexibility index (Phi) is 4.98. The number of anilines is 2. The smallest absolute Gasteiger partial charge is 0.321 e. The van der Waals surface area contributed by atoms with E-state index in [-0.39, 0.29) is 6.03 Å². The van der Waals surface area contributed by atoms with Crippen LogP contribution in [0.25, 0.3) is 16.6 Å². The number of aryl methyl sites for hydroxylation is 2. The van der Waals surface area contributed by atoms with Crippen molar-refractivity contribution >= 4 is 34.1 Å². The van der Waals surface area contributed by atoms with Gasteiger partial charge < -0.3 is 19.5 Å². The Hall–Kier alpha value is -3.54. The van der Waals surface area contributed by atoms with Crippen LogP contribution >= 0.6 is 0 Å². The molecule has 1 fully saturated rings. The maximum atomic E-state index is 12.9. The van der Waals surface area contributed by atoms with Crippen LogP contribution in [-0.4, -0.2) is 46.5 Å². The fraction of sp³-hybridized carbons (Fsp3) is 0.280. The number of rotatable bonds is 2. The van der Waals surface area contributed by atoms with Gasteiger partial charge in [-0.15, -0.1) is 0 Å². The third-order valence-electron chi connectivity index (χ3n) is 5.90. The fourth-order valence-corrected chi connectivity index (χ4v) is 4.52. The Morgan fingerprint density at radius 2 is 1.68 bits per heavy atom. The lowest BCUT2D eigenvalue weighted by atomic mass is 10.1. The molecule has 0 spiro atoms. The van der Waals surface area contributed by atoms with Crippen molar-refractivity contribution in [3.8, 4) is 0 Å². The van der Waals surface area contributed by atoms with Crippen LogP contribution in [0.1, 0.15) is 17.5 Å². The average Bonchev–Trinajstić information content (AvgIpc) is 3.10. The van der Waals surface area contributed by atoms with Gasteiger partial charge in [-0.3, -0.25) is 0 Å². The van der Waals surface area contributed by atoms with Crippen molar-refractivity contribution in [3.63, 3.8) is 0 Å². The molecule has 1 saturated heterocycles. The van der Waals surface area contributed by atoms with Crippen LogP contribution in [0.4, 0.5) is 16.3 Å². The molecule has 1 aliphatic rings. The molecule has 0 atom stereocenters. The molecule has 5 rings (SSSR count). The van der Waals surface area contributed by atoms with Gasteiger partial charge in [0.25, 0.3) is 0 Å². The Morgan fingerprint density at radius 3 is 2.52 bits per heavy atom. The molecule has 6 heteroatoms. The van der Waals surface area contributed by atoms with Gasteiger partial charge in [-0.1, -0.05) is 18.2 Å². The van der Waals surface area contributed by atoms with Gasteiger partial charge in [0.05, 0.1) is 16.6 Å². The summed E-state index contributed by atoms with van der Waals surface area (Å²) in [6, 6.07) is 18.5. The Morgan fingerprint density at radius 1 is 0.903 bits per heavy atom. The number of hydrogen-bond acceptors (Lipinski definition) is 3. The van der Waals surface area contributed by atoms with Gasteiger partial charge >= 0.3 is 6.03 Å². The summed E-state index contributed by atoms with van der Waals surface area (Å²) in [4.78, 5) is 22.1. The van der Waals surface area contributed by atoms with Crippen LogP contribution in [0, 0.1) is 13.8 Å². The average molecular weight is 414 g/mol. The number of amides is 2. The Balaban J connectivity index is 1.36. The van der Waals surface area contributed by atoms with Crippen LogP contribution < -0.4 is 10.2 Å². The molecular formula is C25H27N5O. The van der Waals surface area contributed by atoms with E-state index in [2.05, 4.69) is 51.1 Å². The molecule has 1 aliphatic heterocycles. The molecule has 4 aromatic rings. The second-order valence-corrected chi connectivity index (χ2v) is 8.32. The second-order valence-electron chi connectivity index (χ2n) is 8.32. The zero-order valence-corrected chi connectivity index (χ0v) is 18.0. The van der Waals surface area contributed by atoms with Crippen LogP contribution in [0.15, 0.2) is 60.8 Å². The highest BCUT2D eigenvalue weighted by Gasteiger charge is 2.22. The largest absolute Gasteiger partial charge is 0.353 e. The molecule has 0 radical (unpaired) electrons. The van der Waals surface area contributed by atoms with Crippen molar-refractivity contribution in [1.82, 2.24) is 14.3 Å². The van der Waals surface area contributed by atoms with Gasteiger partial charge in [0.1, 0.15) is 0 Å². The normalized spacial score (nSPS) is 14.8. The first-order chi connectivity index (χ1) is 15.1. The monoisotopic (exact) mass is 413 g/mol. The second kappa shape index (κ2) is 7.95. The number of aromatic nitrogens is 2. The highest BCUT2D eigenvalue weighted by molar-refractivity contribution is 5.90. The molecule has 1 N–H and O–H groups in total. The minimum absolute atomic E-state index is 0.0360. The first-order valence-electron chi connectivity index (χ1n) is 10.8. The lowest BCUT2D eigenvalue weighted by molar-refractivity contribution is 0.215. The number of carbonyl (C=O) groups excluding carboxylic acids is 1. The summed E-state index contributed by atoms with van der Waals surface area (Å²) in [6.07, 6.45) is 2.99. The highest BCUT2D eigenvalue weighted by Crippen LogP contribution is 2.26. The van der Waals surface area contributed by atoms with E-state index in [1.807, 2.05) is 43.0 Å². The van der Waals surface area contributed by atoms with Gasteiger partial charge in [0, 0.05) is 38.1 Å². The molecular weight excluding hydrogens is 386 g/mol. The molecule has 3 heterocycles. The van der Waals surface area contributed by atoms with E-state index in [9.17, 15) is 4.79 Å². The molecule has 2 aromatic heterocycles. The van der Waals surface area contributed by atoms with Crippen LogP contribution in [0.2, 0.25) is 0 Å². The predicted molar refractivity (Wildman–Crippen MR) is 126 cm³/mol. The number of para-hydroxylation sites is 2. The third kappa shape index (κ3) is 3.81. The van der Waals surface area contributed by atoms with Crippen LogP contribution in [0.3, 0.4) is 0 Å². The Bertz CT molecular complexity index is 1240. The number of urea groups is 1. The van der Waals surface area contributed by atoms with Crippen molar-refractivity contribution in [2.24, 2.45) is 0 Å². The van der Waals surface area contributed by atoms with Gasteiger partial charge in [-0.05, 0) is 67.8 Å². The van der Waals surface area contributed by atoms with Crippen molar-refractivity contribution in [2.75, 3.05) is 36.4 Å². The van der Waals surface area contributed by atoms with E-state index < -0.39 is 0 Å². The summed E-state index contributed by atoms with van der Waals surface area (Å²) < 4.78 is 2.20. The number of carbonyl (C=O) groups is 1. The van der Waals surface area contributed by atoms with Gasteiger partial charge in [0.2, 0.25) is 0 Å². The number of nitrogens with zero attached hydrogens (tertiary/aromatic N) is 4. The van der Waals surface area contributed by atoms with Gasteiger partial charge in [-0.2, -0.15) is 0 Å². The summed E-state index contributed by atoms with van der Waals surface area (Å²) in [5.41, 5.74) is 6.35. The van der Waals surface area contributed by atoms with Crippen LogP contribution in [-0.2, 0) is 0 Å². The zero-order chi connectivity index (χ0) is 21.4. The van der Waals surface area contributed by atoms with E-state index in [1.54, 1.807) is 0 Å². The number of hydrogen-bond donors (Lipinski definition) is 1. The third-order valence-corrected chi connectivity index (χ3v) is 5.90. The predicted octanol–water partition coefficient (Wildman–Crippen LogP) is 4.85. The van der Waals surface area contributed by atoms with E-state index >= 15 is 0 Å². The first kappa shape index (κ1) is 19.4. The number of fused-ring (bicyclic) bond motifs is 3. The highest BCUT2D eigenvalue weighted by atomic mass is 16.2. The molecule has 0 bridgehead atoms. The van der Waals surface area contributed by atoms with Crippen molar-refractivity contribution < 1.29 is 4.79 Å². The quantitative estimate of drug-likeness (QED) is 0.511. The van der Waals surface area contributed by atoms with Gasteiger partial charge in [-0.25, -0.2) is 9.78 Å². The number of benzene rings is 2. The molecule has 0 saturated carbocycles. The topological polar surface area (TPSA) is 52.9 Å². The van der Waals surface area contributed by atoms with Gasteiger partial charge in [0.15, 0.2) is 5.82 Å². The van der Waals surface area contributed by atoms with Crippen molar-refractivity contribution in [1.29, 1.82) is 0 Å². The summed E-state index contributed by atoms with van der Waals surface area (Å²) in [5, 5.41) is 3.07. The molecule has 2 aromatic carbocycles. The van der Waals surface area contributed by atoms with Crippen molar-refractivity contribution in [2.45, 2.75) is 20.3 Å². The van der Waals surface area contributed by atoms with Crippen molar-refractivity contribution in [3.05, 3.63) is 71.9 Å². The summed E-state index contributed by atoms with van der Waals surface area (Å²) in [6.45, 7) is 7.12. The summed E-state index contributed by atoms with van der Waals surface area (Å²) in [7, 11) is 0. The lowest BCUT2D eigenvalue weighted by Crippen LogP contribution is -2.38.